The molecule has 1 fully saturated rings. The molecule has 0 atom stereocenters. The number of nitrogen functional groups attached to an aromatic ring is 1. The second-order valence-electron chi connectivity index (χ2n) is 5.21. The van der Waals surface area contributed by atoms with Gasteiger partial charge in [-0.2, -0.15) is 0 Å². The highest BCUT2D eigenvalue weighted by atomic mass is 16.5. The third kappa shape index (κ3) is 3.38. The lowest BCUT2D eigenvalue weighted by Crippen LogP contribution is -2.18. The summed E-state index contributed by atoms with van der Waals surface area (Å²) in [5.41, 5.74) is 7.20. The maximum Gasteiger partial charge on any atom is 0.337 e. The van der Waals surface area contributed by atoms with E-state index in [1.165, 1.54) is 18.9 Å². The number of anilines is 2. The fourth-order valence-electron chi connectivity index (χ4n) is 2.19. The van der Waals surface area contributed by atoms with E-state index in [0.29, 0.717) is 11.4 Å². The van der Waals surface area contributed by atoms with Crippen molar-refractivity contribution >= 4 is 17.3 Å². The zero-order chi connectivity index (χ0) is 13.9. The van der Waals surface area contributed by atoms with E-state index in [0.717, 1.165) is 19.6 Å². The predicted octanol–water partition coefficient (Wildman–Crippen LogP) is 2.20. The van der Waals surface area contributed by atoms with Crippen LogP contribution in [0.1, 0.15) is 29.6 Å². The van der Waals surface area contributed by atoms with Crippen LogP contribution in [0.5, 0.6) is 0 Å². The van der Waals surface area contributed by atoms with Crippen molar-refractivity contribution in [2.45, 2.75) is 19.3 Å². The minimum absolute atomic E-state index is 0.225. The number of benzene rings is 1. The number of aromatic carboxylic acids is 1. The number of carbonyl (C=O) groups is 1. The molecule has 1 aliphatic rings. The number of hydrogen-bond donors (Lipinski definition) is 3. The zero-order valence-electron chi connectivity index (χ0n) is 11.1. The molecule has 1 aromatic rings. The minimum atomic E-state index is -0.962. The third-order valence-corrected chi connectivity index (χ3v) is 3.72. The van der Waals surface area contributed by atoms with Gasteiger partial charge in [0.15, 0.2) is 0 Å². The Balaban J connectivity index is 2.01. The second kappa shape index (κ2) is 5.48. The number of rotatable bonds is 7. The molecule has 0 bridgehead atoms. The summed E-state index contributed by atoms with van der Waals surface area (Å²) < 4.78 is 5.11. The van der Waals surface area contributed by atoms with Gasteiger partial charge in [-0.05, 0) is 42.9 Å². The molecule has 4 N–H and O–H groups in total. The molecule has 0 spiro atoms. The molecular weight excluding hydrogens is 244 g/mol. The van der Waals surface area contributed by atoms with Gasteiger partial charge in [0, 0.05) is 31.6 Å². The van der Waals surface area contributed by atoms with Gasteiger partial charge in [0.1, 0.15) is 0 Å². The van der Waals surface area contributed by atoms with Crippen LogP contribution in [0.4, 0.5) is 11.4 Å². The monoisotopic (exact) mass is 264 g/mol. The molecule has 0 heterocycles. The van der Waals surface area contributed by atoms with Crippen LogP contribution in [-0.2, 0) is 4.74 Å². The van der Waals surface area contributed by atoms with E-state index >= 15 is 0 Å². The van der Waals surface area contributed by atoms with Gasteiger partial charge in [0.2, 0.25) is 0 Å². The highest BCUT2D eigenvalue weighted by Gasteiger charge is 2.41. The van der Waals surface area contributed by atoms with Crippen molar-refractivity contribution in [3.05, 3.63) is 23.8 Å². The van der Waals surface area contributed by atoms with Crippen molar-refractivity contribution in [2.75, 3.05) is 31.3 Å². The summed E-state index contributed by atoms with van der Waals surface area (Å²) in [6, 6.07) is 4.92. The molecule has 5 nitrogen and oxygen atoms in total. The first kappa shape index (κ1) is 13.7. The largest absolute Gasteiger partial charge is 0.478 e. The van der Waals surface area contributed by atoms with Crippen LogP contribution in [0, 0.1) is 5.41 Å². The lowest BCUT2D eigenvalue weighted by molar-refractivity contribution is 0.0698. The van der Waals surface area contributed by atoms with E-state index in [-0.39, 0.29) is 11.0 Å². The predicted molar refractivity (Wildman–Crippen MR) is 74.5 cm³/mol. The first-order valence-electron chi connectivity index (χ1n) is 6.42. The van der Waals surface area contributed by atoms with E-state index in [9.17, 15) is 4.79 Å². The lowest BCUT2D eigenvalue weighted by Gasteiger charge is -2.17. The van der Waals surface area contributed by atoms with E-state index in [2.05, 4.69) is 5.32 Å². The van der Waals surface area contributed by atoms with Gasteiger partial charge in [-0.15, -0.1) is 0 Å². The average Bonchev–Trinajstić information content (AvgIpc) is 3.15. The number of carboxylic acid groups (broad SMARTS) is 1. The fourth-order valence-corrected chi connectivity index (χ4v) is 2.19. The number of hydrogen-bond acceptors (Lipinski definition) is 4. The van der Waals surface area contributed by atoms with Crippen molar-refractivity contribution < 1.29 is 14.6 Å². The van der Waals surface area contributed by atoms with Gasteiger partial charge in [0.25, 0.3) is 0 Å². The standard InChI is InChI=1S/C14H20N2O3/c1-19-7-6-14(4-5-14)9-16-12-3-2-10(15)8-11(12)13(17)18/h2-3,8,16H,4-7,9,15H2,1H3,(H,17,18). The topological polar surface area (TPSA) is 84.6 Å². The molecule has 0 radical (unpaired) electrons. The smallest absolute Gasteiger partial charge is 0.337 e. The van der Waals surface area contributed by atoms with Crippen molar-refractivity contribution in [2.24, 2.45) is 5.41 Å². The maximum absolute atomic E-state index is 11.2. The van der Waals surface area contributed by atoms with Gasteiger partial charge >= 0.3 is 5.97 Å². The SMILES string of the molecule is COCCC1(CNc2ccc(N)cc2C(=O)O)CC1. The van der Waals surface area contributed by atoms with Crippen LogP contribution in [0.25, 0.3) is 0 Å². The first-order chi connectivity index (χ1) is 9.06. The van der Waals surface area contributed by atoms with Crippen LogP contribution in [-0.4, -0.2) is 31.3 Å². The van der Waals surface area contributed by atoms with Gasteiger partial charge in [0.05, 0.1) is 5.56 Å². The van der Waals surface area contributed by atoms with Crippen molar-refractivity contribution in [3.63, 3.8) is 0 Å². The molecule has 0 amide bonds. The lowest BCUT2D eigenvalue weighted by atomic mass is 10.0. The number of ether oxygens (including phenoxy) is 1. The Morgan fingerprint density at radius 3 is 2.84 bits per heavy atom. The van der Waals surface area contributed by atoms with Crippen molar-refractivity contribution in [3.8, 4) is 0 Å². The number of carboxylic acids is 1. The number of methoxy groups -OCH3 is 1. The minimum Gasteiger partial charge on any atom is -0.478 e. The van der Waals surface area contributed by atoms with E-state index in [1.807, 2.05) is 0 Å². The summed E-state index contributed by atoms with van der Waals surface area (Å²) in [6.07, 6.45) is 3.34. The molecular formula is C14H20N2O3. The quantitative estimate of drug-likeness (QED) is 0.657. The van der Waals surface area contributed by atoms with E-state index < -0.39 is 5.97 Å². The summed E-state index contributed by atoms with van der Waals surface area (Å²) >= 11 is 0. The Morgan fingerprint density at radius 2 is 2.26 bits per heavy atom. The molecule has 0 aromatic heterocycles. The Morgan fingerprint density at radius 1 is 1.53 bits per heavy atom. The van der Waals surface area contributed by atoms with Crippen molar-refractivity contribution in [1.82, 2.24) is 0 Å². The van der Waals surface area contributed by atoms with Gasteiger partial charge in [-0.25, -0.2) is 4.79 Å². The molecule has 19 heavy (non-hydrogen) atoms. The molecule has 104 valence electrons. The van der Waals surface area contributed by atoms with Crippen LogP contribution in [0.2, 0.25) is 0 Å². The number of nitrogens with one attached hydrogen (secondary N) is 1. The van der Waals surface area contributed by atoms with Gasteiger partial charge in [-0.1, -0.05) is 0 Å². The summed E-state index contributed by atoms with van der Waals surface area (Å²) in [7, 11) is 1.70. The highest BCUT2D eigenvalue weighted by Crippen LogP contribution is 2.48. The van der Waals surface area contributed by atoms with Gasteiger partial charge < -0.3 is 20.9 Å². The Labute approximate surface area is 112 Å². The summed E-state index contributed by atoms with van der Waals surface area (Å²) in [6.45, 7) is 1.52. The van der Waals surface area contributed by atoms with Crippen LogP contribution >= 0.6 is 0 Å². The average molecular weight is 264 g/mol. The summed E-state index contributed by atoms with van der Waals surface area (Å²) in [5.74, 6) is -0.962. The summed E-state index contributed by atoms with van der Waals surface area (Å²) in [4.78, 5) is 11.2. The second-order valence-corrected chi connectivity index (χ2v) is 5.21. The fraction of sp³-hybridized carbons (Fsp3) is 0.500. The van der Waals surface area contributed by atoms with Crippen LogP contribution in [0.3, 0.4) is 0 Å². The Hall–Kier alpha value is -1.75. The molecule has 2 rings (SSSR count). The number of nitrogens with two attached hydrogens (primary N) is 1. The molecule has 1 aromatic carbocycles. The Kier molecular flexibility index (Phi) is 3.95. The molecule has 0 saturated heterocycles. The molecule has 0 aliphatic heterocycles. The van der Waals surface area contributed by atoms with Crippen LogP contribution < -0.4 is 11.1 Å². The Bertz CT molecular complexity index is 470. The molecule has 5 heteroatoms. The molecule has 0 unspecified atom stereocenters. The van der Waals surface area contributed by atoms with E-state index in [4.69, 9.17) is 15.6 Å². The van der Waals surface area contributed by atoms with Gasteiger partial charge in [-0.3, -0.25) is 0 Å². The highest BCUT2D eigenvalue weighted by molar-refractivity contribution is 5.95. The van der Waals surface area contributed by atoms with Crippen LogP contribution in [0.15, 0.2) is 18.2 Å². The normalized spacial score (nSPS) is 16.1. The van der Waals surface area contributed by atoms with E-state index in [1.54, 1.807) is 19.2 Å². The zero-order valence-corrected chi connectivity index (χ0v) is 11.1. The maximum atomic E-state index is 11.2. The molecule has 1 saturated carbocycles. The molecule has 1 aliphatic carbocycles. The third-order valence-electron chi connectivity index (χ3n) is 3.72. The first-order valence-corrected chi connectivity index (χ1v) is 6.42. The van der Waals surface area contributed by atoms with Crippen molar-refractivity contribution in [1.29, 1.82) is 0 Å². The summed E-state index contributed by atoms with van der Waals surface area (Å²) in [5, 5.41) is 12.4.